The molecule has 0 spiro atoms. The first-order chi connectivity index (χ1) is 12.3. The maximum absolute atomic E-state index is 12.4. The van der Waals surface area contributed by atoms with E-state index >= 15 is 0 Å². The van der Waals surface area contributed by atoms with Crippen LogP contribution in [0.2, 0.25) is 0 Å². The van der Waals surface area contributed by atoms with Gasteiger partial charge in [-0.15, -0.1) is 0 Å². The van der Waals surface area contributed by atoms with Crippen molar-refractivity contribution >= 4 is 5.91 Å². The lowest BCUT2D eigenvalue weighted by Gasteiger charge is -2.24. The van der Waals surface area contributed by atoms with Crippen molar-refractivity contribution in [3.63, 3.8) is 0 Å². The van der Waals surface area contributed by atoms with Crippen molar-refractivity contribution in [3.05, 3.63) is 59.9 Å². The molecule has 1 aromatic rings. The summed E-state index contributed by atoms with van der Waals surface area (Å²) in [5.41, 5.74) is 1.19. The first-order valence-electron chi connectivity index (χ1n) is 8.77. The van der Waals surface area contributed by atoms with Gasteiger partial charge >= 0.3 is 6.18 Å². The van der Waals surface area contributed by atoms with E-state index in [2.05, 4.69) is 5.32 Å². The number of hydrogen-bond donors (Lipinski definition) is 1. The second kappa shape index (κ2) is 7.56. The molecule has 1 fully saturated rings. The van der Waals surface area contributed by atoms with Crippen molar-refractivity contribution in [1.29, 1.82) is 0 Å². The molecule has 3 nitrogen and oxygen atoms in total. The van der Waals surface area contributed by atoms with Gasteiger partial charge in [0.25, 0.3) is 0 Å². The number of hydrogen-bond acceptors (Lipinski definition) is 2. The average Bonchev–Trinajstić information content (AvgIpc) is 3.41. The Morgan fingerprint density at radius 3 is 2.65 bits per heavy atom. The molecule has 140 valence electrons. The van der Waals surface area contributed by atoms with E-state index in [1.807, 2.05) is 37.3 Å². The molecule has 0 aromatic heterocycles. The van der Waals surface area contributed by atoms with Crippen LogP contribution in [0.5, 0.6) is 0 Å². The fourth-order valence-electron chi connectivity index (χ4n) is 3.25. The Labute approximate surface area is 150 Å². The summed E-state index contributed by atoms with van der Waals surface area (Å²) in [5, 5.41) is 3.04. The van der Waals surface area contributed by atoms with E-state index in [4.69, 9.17) is 4.74 Å². The standard InChI is InChI=1S/C20H22F3NO2/c1-13(14-7-9-16(10-8-14)26-12-20(21,22)23)24-19(25)18-11-17(18)15-5-3-2-4-6-15/h2-7,9-10,13-14,17-18H,8,11-12H2,1H3,(H,24,25). The number of benzene rings is 1. The summed E-state index contributed by atoms with van der Waals surface area (Å²) in [4.78, 5) is 12.4. The van der Waals surface area contributed by atoms with Gasteiger partial charge in [0, 0.05) is 17.9 Å². The molecule has 0 saturated heterocycles. The quantitative estimate of drug-likeness (QED) is 0.815. The smallest absolute Gasteiger partial charge is 0.422 e. The third kappa shape index (κ3) is 4.90. The van der Waals surface area contributed by atoms with E-state index in [-0.39, 0.29) is 35.5 Å². The van der Waals surface area contributed by atoms with Gasteiger partial charge in [0.15, 0.2) is 6.61 Å². The number of rotatable bonds is 6. The Hall–Kier alpha value is -2.24. The van der Waals surface area contributed by atoms with Gasteiger partial charge in [-0.1, -0.05) is 36.4 Å². The summed E-state index contributed by atoms with van der Waals surface area (Å²) in [6, 6.07) is 9.90. The molecular formula is C20H22F3NO2. The molecule has 0 bridgehead atoms. The molecule has 3 rings (SSSR count). The molecule has 0 radical (unpaired) electrons. The molecule has 0 heterocycles. The van der Waals surface area contributed by atoms with E-state index in [0.29, 0.717) is 6.42 Å². The Balaban J connectivity index is 1.45. The number of allylic oxidation sites excluding steroid dienone is 2. The Bertz CT molecular complexity index is 697. The number of halogens is 3. The van der Waals surface area contributed by atoms with Crippen LogP contribution in [0.15, 0.2) is 54.3 Å². The van der Waals surface area contributed by atoms with Crippen molar-refractivity contribution in [2.75, 3.05) is 6.61 Å². The van der Waals surface area contributed by atoms with Gasteiger partial charge in [-0.3, -0.25) is 4.79 Å². The maximum atomic E-state index is 12.4. The number of alkyl halides is 3. The van der Waals surface area contributed by atoms with Gasteiger partial charge in [-0.25, -0.2) is 0 Å². The van der Waals surface area contributed by atoms with E-state index < -0.39 is 12.8 Å². The molecule has 0 aliphatic heterocycles. The summed E-state index contributed by atoms with van der Waals surface area (Å²) in [6.45, 7) is 0.630. The summed E-state index contributed by atoms with van der Waals surface area (Å²) in [6.07, 6.45) is 2.05. The van der Waals surface area contributed by atoms with E-state index in [1.165, 1.54) is 5.56 Å². The molecule has 2 aliphatic carbocycles. The zero-order chi connectivity index (χ0) is 18.7. The van der Waals surface area contributed by atoms with E-state index in [9.17, 15) is 18.0 Å². The molecule has 1 aromatic carbocycles. The minimum atomic E-state index is -4.34. The second-order valence-corrected chi connectivity index (χ2v) is 6.93. The molecule has 2 aliphatic rings. The minimum absolute atomic E-state index is 0.00800. The zero-order valence-electron chi connectivity index (χ0n) is 14.5. The molecule has 6 heteroatoms. The van der Waals surface area contributed by atoms with Gasteiger partial charge in [-0.05, 0) is 43.4 Å². The van der Waals surface area contributed by atoms with Crippen LogP contribution in [0, 0.1) is 11.8 Å². The van der Waals surface area contributed by atoms with E-state index in [0.717, 1.165) is 6.42 Å². The van der Waals surface area contributed by atoms with Crippen LogP contribution < -0.4 is 5.32 Å². The molecule has 4 unspecified atom stereocenters. The van der Waals surface area contributed by atoms with Gasteiger partial charge in [0.05, 0.1) is 0 Å². The third-order valence-electron chi connectivity index (χ3n) is 4.87. The summed E-state index contributed by atoms with van der Waals surface area (Å²) < 4.78 is 41.2. The predicted molar refractivity (Wildman–Crippen MR) is 92.2 cm³/mol. The lowest BCUT2D eigenvalue weighted by atomic mass is 9.93. The van der Waals surface area contributed by atoms with Crippen LogP contribution in [0.25, 0.3) is 0 Å². The van der Waals surface area contributed by atoms with Crippen LogP contribution >= 0.6 is 0 Å². The van der Waals surface area contributed by atoms with Crippen molar-refractivity contribution in [1.82, 2.24) is 5.32 Å². The highest BCUT2D eigenvalue weighted by atomic mass is 19.4. The van der Waals surface area contributed by atoms with Crippen LogP contribution in [0.4, 0.5) is 13.2 Å². The third-order valence-corrected chi connectivity index (χ3v) is 4.87. The number of nitrogens with one attached hydrogen (secondary N) is 1. The van der Waals surface area contributed by atoms with Crippen molar-refractivity contribution < 1.29 is 22.7 Å². The van der Waals surface area contributed by atoms with Crippen LogP contribution in [-0.2, 0) is 9.53 Å². The van der Waals surface area contributed by atoms with Crippen LogP contribution in [0.3, 0.4) is 0 Å². The van der Waals surface area contributed by atoms with E-state index in [1.54, 1.807) is 18.2 Å². The fraction of sp³-hybridized carbons (Fsp3) is 0.450. The van der Waals surface area contributed by atoms with Crippen LogP contribution in [0.1, 0.15) is 31.2 Å². The predicted octanol–water partition coefficient (Wildman–Crippen LogP) is 4.33. The fourth-order valence-corrected chi connectivity index (χ4v) is 3.25. The lowest BCUT2D eigenvalue weighted by Crippen LogP contribution is -2.38. The lowest BCUT2D eigenvalue weighted by molar-refractivity contribution is -0.163. The summed E-state index contributed by atoms with van der Waals surface area (Å²) in [7, 11) is 0. The maximum Gasteiger partial charge on any atom is 0.422 e. The van der Waals surface area contributed by atoms with Gasteiger partial charge in [-0.2, -0.15) is 13.2 Å². The number of carbonyl (C=O) groups excluding carboxylic acids is 1. The summed E-state index contributed by atoms with van der Waals surface area (Å²) >= 11 is 0. The SMILES string of the molecule is CC(NC(=O)C1CC1c1ccccc1)C1C=CC(OCC(F)(F)F)=CC1. The number of amides is 1. The van der Waals surface area contributed by atoms with Crippen molar-refractivity contribution in [2.45, 2.75) is 37.9 Å². The molecule has 26 heavy (non-hydrogen) atoms. The Kier molecular flexibility index (Phi) is 5.39. The first kappa shape index (κ1) is 18.5. The molecular weight excluding hydrogens is 343 g/mol. The zero-order valence-corrected chi connectivity index (χ0v) is 14.5. The Morgan fingerprint density at radius 2 is 2.04 bits per heavy atom. The molecule has 1 saturated carbocycles. The van der Waals surface area contributed by atoms with Gasteiger partial charge < -0.3 is 10.1 Å². The average molecular weight is 365 g/mol. The highest BCUT2D eigenvalue weighted by molar-refractivity contribution is 5.83. The molecule has 1 amide bonds. The minimum Gasteiger partial charge on any atom is -0.484 e. The highest BCUT2D eigenvalue weighted by Crippen LogP contribution is 2.47. The normalized spacial score (nSPS) is 26.0. The number of ether oxygens (including phenoxy) is 1. The largest absolute Gasteiger partial charge is 0.484 e. The first-order valence-corrected chi connectivity index (χ1v) is 8.77. The van der Waals surface area contributed by atoms with Gasteiger partial charge in [0.2, 0.25) is 5.91 Å². The van der Waals surface area contributed by atoms with Crippen molar-refractivity contribution in [3.8, 4) is 0 Å². The van der Waals surface area contributed by atoms with Gasteiger partial charge in [0.1, 0.15) is 5.76 Å². The highest BCUT2D eigenvalue weighted by Gasteiger charge is 2.44. The monoisotopic (exact) mass is 365 g/mol. The molecule has 4 atom stereocenters. The summed E-state index contributed by atoms with van der Waals surface area (Å²) in [5.74, 6) is 0.610. The Morgan fingerprint density at radius 1 is 1.31 bits per heavy atom. The van der Waals surface area contributed by atoms with Crippen LogP contribution in [-0.4, -0.2) is 24.7 Å². The second-order valence-electron chi connectivity index (χ2n) is 6.93. The van der Waals surface area contributed by atoms with Crippen molar-refractivity contribution in [2.24, 2.45) is 11.8 Å². The molecule has 1 N–H and O–H groups in total. The number of carbonyl (C=O) groups is 1. The topological polar surface area (TPSA) is 38.3 Å².